The number of rotatable bonds is 4. The standard InChI is InChI=1S/C35H40O8S2/c1-17-5-6-18-13-22-28(20-8-7-19(36)14-21(18)20)24(40-2)16-25-29(22)30-27(45-44-12-10-17)9-11-35(43-25,34(30)39)23-15-26(41-3)32(38)33(42-4)31(23)37/h7-8,14-18,27,30,34,36-39H,5-6,9-13H2,1-4H3/t17-,18+,27+,30+,34-,35+/m1/s1. The van der Waals surface area contributed by atoms with Gasteiger partial charge in [0.05, 0.1) is 21.3 Å². The van der Waals surface area contributed by atoms with E-state index >= 15 is 0 Å². The molecule has 2 aliphatic heterocycles. The molecular weight excluding hydrogens is 613 g/mol. The summed E-state index contributed by atoms with van der Waals surface area (Å²) >= 11 is 0. The lowest BCUT2D eigenvalue weighted by atomic mass is 9.64. The van der Waals surface area contributed by atoms with E-state index in [4.69, 9.17) is 18.9 Å². The fraction of sp³-hybridized carbons (Fsp3) is 0.486. The van der Waals surface area contributed by atoms with E-state index in [1.54, 1.807) is 19.2 Å². The van der Waals surface area contributed by atoms with Crippen LogP contribution >= 0.6 is 21.6 Å². The number of hydrogen-bond donors (Lipinski definition) is 4. The molecule has 0 radical (unpaired) electrons. The fourth-order valence-corrected chi connectivity index (χ4v) is 11.3. The summed E-state index contributed by atoms with van der Waals surface area (Å²) in [5.41, 5.74) is 4.29. The third-order valence-corrected chi connectivity index (χ3v) is 13.4. The molecule has 2 heterocycles. The van der Waals surface area contributed by atoms with Gasteiger partial charge in [0.2, 0.25) is 11.5 Å². The van der Waals surface area contributed by atoms with Gasteiger partial charge >= 0.3 is 0 Å². The molecule has 7 rings (SSSR count). The lowest BCUT2D eigenvalue weighted by molar-refractivity contribution is -0.112. The van der Waals surface area contributed by atoms with Crippen molar-refractivity contribution in [3.8, 4) is 51.4 Å². The van der Waals surface area contributed by atoms with E-state index in [1.165, 1.54) is 14.2 Å². The predicted molar refractivity (Wildman–Crippen MR) is 177 cm³/mol. The monoisotopic (exact) mass is 652 g/mol. The zero-order chi connectivity index (χ0) is 31.6. The Morgan fingerprint density at radius 3 is 2.47 bits per heavy atom. The number of hydrogen-bond acceptors (Lipinski definition) is 10. The minimum absolute atomic E-state index is 0.0945. The van der Waals surface area contributed by atoms with Crippen molar-refractivity contribution >= 4 is 21.6 Å². The number of aliphatic hydroxyl groups excluding tert-OH is 1. The van der Waals surface area contributed by atoms with Crippen molar-refractivity contribution in [2.45, 2.75) is 74.2 Å². The summed E-state index contributed by atoms with van der Waals surface area (Å²) in [5.74, 6) is 2.45. The quantitative estimate of drug-likeness (QED) is 0.215. The van der Waals surface area contributed by atoms with Crippen LogP contribution in [0.15, 0.2) is 30.3 Å². The second kappa shape index (κ2) is 11.6. The van der Waals surface area contributed by atoms with Crippen molar-refractivity contribution in [1.82, 2.24) is 0 Å². The first-order valence-electron chi connectivity index (χ1n) is 15.6. The van der Waals surface area contributed by atoms with Crippen molar-refractivity contribution in [2.24, 2.45) is 5.92 Å². The molecule has 10 heteroatoms. The van der Waals surface area contributed by atoms with Crippen molar-refractivity contribution in [3.05, 3.63) is 52.6 Å². The maximum absolute atomic E-state index is 12.6. The van der Waals surface area contributed by atoms with E-state index in [2.05, 4.69) is 6.92 Å². The van der Waals surface area contributed by atoms with Crippen LogP contribution in [0, 0.1) is 5.92 Å². The van der Waals surface area contributed by atoms with E-state index < -0.39 is 11.7 Å². The summed E-state index contributed by atoms with van der Waals surface area (Å²) in [6.07, 6.45) is 4.11. The van der Waals surface area contributed by atoms with Gasteiger partial charge in [-0.1, -0.05) is 41.0 Å². The smallest absolute Gasteiger partial charge is 0.207 e. The van der Waals surface area contributed by atoms with Crippen LogP contribution in [0.5, 0.6) is 40.2 Å². The molecular formula is C35H40O8S2. The highest BCUT2D eigenvalue weighted by molar-refractivity contribution is 8.76. The van der Waals surface area contributed by atoms with Crippen LogP contribution in [0.3, 0.4) is 0 Å². The Kier molecular flexibility index (Phi) is 7.89. The molecule has 3 aromatic rings. The SMILES string of the molecule is COc1cc([C@@]23CC[C@@H]4SSCC[C@H](C)CC[C@H]5Cc6c(c(OC)cc(c6[C@H]4[C@H]2O)O3)-c2ccc(O)cc25)c(O)c(OC)c1O. The van der Waals surface area contributed by atoms with Gasteiger partial charge in [0.1, 0.15) is 23.4 Å². The number of aromatic hydroxyl groups is 3. The Hall–Kier alpha value is -3.08. The summed E-state index contributed by atoms with van der Waals surface area (Å²) in [6.45, 7) is 2.33. The number of phenolic OH excluding ortho intramolecular Hbond substituents is 3. The molecule has 6 atom stereocenters. The first-order chi connectivity index (χ1) is 21.7. The van der Waals surface area contributed by atoms with Gasteiger partial charge in [-0.05, 0) is 78.8 Å². The summed E-state index contributed by atoms with van der Waals surface area (Å²) in [7, 11) is 8.19. The molecule has 2 aliphatic carbocycles. The molecule has 4 N–H and O–H groups in total. The Morgan fingerprint density at radius 1 is 0.911 bits per heavy atom. The molecule has 0 spiro atoms. The average molecular weight is 653 g/mol. The second-order valence-electron chi connectivity index (χ2n) is 12.8. The van der Waals surface area contributed by atoms with Gasteiger partial charge in [-0.15, -0.1) is 0 Å². The molecule has 0 saturated heterocycles. The largest absolute Gasteiger partial charge is 0.508 e. The van der Waals surface area contributed by atoms with Crippen LogP contribution in [-0.2, 0) is 12.0 Å². The molecule has 1 fully saturated rings. The van der Waals surface area contributed by atoms with Gasteiger partial charge in [0.15, 0.2) is 17.1 Å². The number of benzene rings is 3. The number of phenols is 3. The van der Waals surface area contributed by atoms with Crippen molar-refractivity contribution in [3.63, 3.8) is 0 Å². The summed E-state index contributed by atoms with van der Waals surface area (Å²) in [6, 6.07) is 9.11. The minimum Gasteiger partial charge on any atom is -0.508 e. The number of fused-ring (bicyclic) bond motifs is 5. The van der Waals surface area contributed by atoms with Crippen LogP contribution in [0.1, 0.15) is 73.1 Å². The molecule has 4 aliphatic rings. The molecule has 240 valence electrons. The third kappa shape index (κ3) is 4.69. The van der Waals surface area contributed by atoms with E-state index in [0.717, 1.165) is 65.7 Å². The first kappa shape index (κ1) is 30.6. The highest BCUT2D eigenvalue weighted by Crippen LogP contribution is 2.64. The zero-order valence-electron chi connectivity index (χ0n) is 26.0. The predicted octanol–water partition coefficient (Wildman–Crippen LogP) is 7.23. The van der Waals surface area contributed by atoms with E-state index in [-0.39, 0.29) is 45.8 Å². The molecule has 0 unspecified atom stereocenters. The van der Waals surface area contributed by atoms with Gasteiger partial charge in [0, 0.05) is 39.7 Å². The molecule has 1 saturated carbocycles. The molecule has 0 aromatic heterocycles. The van der Waals surface area contributed by atoms with Crippen molar-refractivity contribution in [1.29, 1.82) is 0 Å². The Morgan fingerprint density at radius 2 is 1.71 bits per heavy atom. The van der Waals surface area contributed by atoms with Gasteiger partial charge in [-0.2, -0.15) is 0 Å². The number of ether oxygens (including phenoxy) is 4. The van der Waals surface area contributed by atoms with Gasteiger partial charge in [0.25, 0.3) is 0 Å². The van der Waals surface area contributed by atoms with E-state index in [0.29, 0.717) is 29.4 Å². The zero-order valence-corrected chi connectivity index (χ0v) is 27.6. The minimum atomic E-state index is -1.32. The van der Waals surface area contributed by atoms with Crippen LogP contribution < -0.4 is 18.9 Å². The summed E-state index contributed by atoms with van der Waals surface area (Å²) in [5, 5.41) is 45.4. The second-order valence-corrected chi connectivity index (χ2v) is 15.5. The fourth-order valence-electron chi connectivity index (χ4n) is 8.14. The maximum atomic E-state index is 12.6. The van der Waals surface area contributed by atoms with Crippen LogP contribution in [0.4, 0.5) is 0 Å². The normalized spacial score (nSPS) is 28.5. The lowest BCUT2D eigenvalue weighted by Crippen LogP contribution is -2.56. The van der Waals surface area contributed by atoms with Gasteiger partial charge in [-0.25, -0.2) is 0 Å². The Labute approximate surface area is 271 Å². The molecule has 45 heavy (non-hydrogen) atoms. The molecule has 8 nitrogen and oxygen atoms in total. The van der Waals surface area contributed by atoms with E-state index in [1.807, 2.05) is 39.8 Å². The number of aliphatic hydroxyl groups is 1. The van der Waals surface area contributed by atoms with Gasteiger partial charge < -0.3 is 39.4 Å². The first-order valence-corrected chi connectivity index (χ1v) is 18.0. The molecule has 4 bridgehead atoms. The highest BCUT2D eigenvalue weighted by atomic mass is 33.1. The number of methoxy groups -OCH3 is 3. The van der Waals surface area contributed by atoms with E-state index in [9.17, 15) is 20.4 Å². The van der Waals surface area contributed by atoms with Crippen molar-refractivity contribution < 1.29 is 39.4 Å². The van der Waals surface area contributed by atoms with Crippen molar-refractivity contribution in [2.75, 3.05) is 27.1 Å². The summed E-state index contributed by atoms with van der Waals surface area (Å²) < 4.78 is 23.9. The Bertz CT molecular complexity index is 1640. The highest BCUT2D eigenvalue weighted by Gasteiger charge is 2.59. The molecule has 0 amide bonds. The topological polar surface area (TPSA) is 118 Å². The Balaban J connectivity index is 1.49. The van der Waals surface area contributed by atoms with Crippen LogP contribution in [0.2, 0.25) is 0 Å². The maximum Gasteiger partial charge on any atom is 0.207 e. The van der Waals surface area contributed by atoms with Gasteiger partial charge in [-0.3, -0.25) is 0 Å². The third-order valence-electron chi connectivity index (χ3n) is 10.4. The summed E-state index contributed by atoms with van der Waals surface area (Å²) in [4.78, 5) is 0. The van der Waals surface area contributed by atoms with Crippen LogP contribution in [-0.4, -0.2) is 58.9 Å². The van der Waals surface area contributed by atoms with Crippen LogP contribution in [0.25, 0.3) is 11.1 Å². The molecule has 3 aromatic carbocycles. The lowest BCUT2D eigenvalue weighted by Gasteiger charge is -2.53. The average Bonchev–Trinajstić information content (AvgIpc) is 3.03.